The summed E-state index contributed by atoms with van der Waals surface area (Å²) in [4.78, 5) is 28.0. The second kappa shape index (κ2) is 8.04. The van der Waals surface area contributed by atoms with Gasteiger partial charge in [-0.25, -0.2) is 4.79 Å². The Hall–Kier alpha value is -2.82. The molecule has 0 spiro atoms. The molecule has 5 nitrogen and oxygen atoms in total. The molecule has 0 bridgehead atoms. The fourth-order valence-electron chi connectivity index (χ4n) is 3.22. The van der Waals surface area contributed by atoms with Crippen LogP contribution in [0, 0.1) is 0 Å². The van der Waals surface area contributed by atoms with E-state index >= 15 is 0 Å². The summed E-state index contributed by atoms with van der Waals surface area (Å²) >= 11 is 0. The number of piperazine rings is 1. The molecule has 136 valence electrons. The van der Waals surface area contributed by atoms with Crippen LogP contribution in [0.25, 0.3) is 0 Å². The van der Waals surface area contributed by atoms with E-state index in [0.29, 0.717) is 13.1 Å². The molecule has 1 saturated heterocycles. The van der Waals surface area contributed by atoms with Gasteiger partial charge in [-0.15, -0.1) is 0 Å². The van der Waals surface area contributed by atoms with Gasteiger partial charge in [0.25, 0.3) is 0 Å². The topological polar surface area (TPSA) is 52.7 Å². The molecule has 3 rings (SSSR count). The molecule has 5 heteroatoms. The number of urea groups is 1. The van der Waals surface area contributed by atoms with Gasteiger partial charge in [-0.1, -0.05) is 25.1 Å². The Morgan fingerprint density at radius 3 is 2.23 bits per heavy atom. The number of ketones is 1. The van der Waals surface area contributed by atoms with Crippen LogP contribution in [0.5, 0.6) is 0 Å². The molecule has 1 N–H and O–H groups in total. The van der Waals surface area contributed by atoms with Crippen LogP contribution in [-0.2, 0) is 6.42 Å². The van der Waals surface area contributed by atoms with Crippen molar-refractivity contribution >= 4 is 23.2 Å². The van der Waals surface area contributed by atoms with Gasteiger partial charge in [0.2, 0.25) is 0 Å². The highest BCUT2D eigenvalue weighted by Crippen LogP contribution is 2.19. The van der Waals surface area contributed by atoms with E-state index in [9.17, 15) is 9.59 Å². The second-order valence-electron chi connectivity index (χ2n) is 6.52. The van der Waals surface area contributed by atoms with Gasteiger partial charge in [0.15, 0.2) is 5.78 Å². The predicted molar refractivity (Wildman–Crippen MR) is 105 cm³/mol. The van der Waals surface area contributed by atoms with Crippen LogP contribution in [-0.4, -0.2) is 42.9 Å². The SMILES string of the molecule is CCc1ccccc1NC(=O)N1CCN(c2ccc(C(C)=O)cc2)CC1. The highest BCUT2D eigenvalue weighted by Gasteiger charge is 2.21. The van der Waals surface area contributed by atoms with Crippen LogP contribution in [0.4, 0.5) is 16.2 Å². The lowest BCUT2D eigenvalue weighted by Crippen LogP contribution is -2.50. The first kappa shape index (κ1) is 18.0. The third-order valence-corrected chi connectivity index (χ3v) is 4.85. The molecule has 0 saturated carbocycles. The summed E-state index contributed by atoms with van der Waals surface area (Å²) < 4.78 is 0. The summed E-state index contributed by atoms with van der Waals surface area (Å²) in [5, 5.41) is 3.04. The van der Waals surface area contributed by atoms with Crippen molar-refractivity contribution in [2.45, 2.75) is 20.3 Å². The first-order chi connectivity index (χ1) is 12.6. The van der Waals surface area contributed by atoms with Gasteiger partial charge in [0.1, 0.15) is 0 Å². The minimum atomic E-state index is -0.0440. The predicted octanol–water partition coefficient (Wildman–Crippen LogP) is 3.81. The molecule has 0 radical (unpaired) electrons. The molecule has 26 heavy (non-hydrogen) atoms. The molecule has 2 aromatic carbocycles. The van der Waals surface area contributed by atoms with Gasteiger partial charge < -0.3 is 15.1 Å². The molecular weight excluding hydrogens is 326 g/mol. The molecule has 0 atom stereocenters. The zero-order valence-electron chi connectivity index (χ0n) is 15.4. The highest BCUT2D eigenvalue weighted by molar-refractivity contribution is 5.94. The average molecular weight is 351 g/mol. The standard InChI is InChI=1S/C21H25N3O2/c1-3-17-6-4-5-7-20(17)22-21(26)24-14-12-23(13-15-24)19-10-8-18(9-11-19)16(2)25/h4-11H,3,12-15H2,1-2H3,(H,22,26). The Balaban J connectivity index is 1.57. The number of para-hydroxylation sites is 1. The van der Waals surface area contributed by atoms with Gasteiger partial charge in [-0.3, -0.25) is 4.79 Å². The van der Waals surface area contributed by atoms with E-state index in [2.05, 4.69) is 17.1 Å². The Labute approximate surface area is 154 Å². The molecule has 1 aliphatic rings. The second-order valence-corrected chi connectivity index (χ2v) is 6.52. The maximum absolute atomic E-state index is 12.6. The van der Waals surface area contributed by atoms with Crippen LogP contribution in [0.3, 0.4) is 0 Å². The third kappa shape index (κ3) is 4.04. The number of Topliss-reactive ketones (excluding diaryl/α,β-unsaturated/α-hetero) is 1. The molecule has 1 heterocycles. The van der Waals surface area contributed by atoms with Gasteiger partial charge in [-0.2, -0.15) is 0 Å². The number of rotatable bonds is 4. The van der Waals surface area contributed by atoms with Crippen molar-refractivity contribution in [3.05, 3.63) is 59.7 Å². The average Bonchev–Trinajstić information content (AvgIpc) is 2.68. The van der Waals surface area contributed by atoms with E-state index in [4.69, 9.17) is 0 Å². The summed E-state index contributed by atoms with van der Waals surface area (Å²) in [6, 6.07) is 15.5. The Bertz CT molecular complexity index is 778. The number of nitrogens with zero attached hydrogens (tertiary/aromatic N) is 2. The van der Waals surface area contributed by atoms with E-state index in [1.165, 1.54) is 0 Å². The summed E-state index contributed by atoms with van der Waals surface area (Å²) in [5.41, 5.74) is 3.85. The maximum atomic E-state index is 12.6. The number of hydrogen-bond donors (Lipinski definition) is 1. The lowest BCUT2D eigenvalue weighted by molar-refractivity contribution is 0.101. The monoisotopic (exact) mass is 351 g/mol. The summed E-state index contributed by atoms with van der Waals surface area (Å²) in [6.07, 6.45) is 0.889. The van der Waals surface area contributed by atoms with Crippen molar-refractivity contribution in [1.29, 1.82) is 0 Å². The van der Waals surface area contributed by atoms with Gasteiger partial charge in [-0.05, 0) is 49.2 Å². The van der Waals surface area contributed by atoms with E-state index in [1.54, 1.807) is 6.92 Å². The number of anilines is 2. The Kier molecular flexibility index (Phi) is 5.56. The number of aryl methyl sites for hydroxylation is 1. The molecule has 1 fully saturated rings. The zero-order chi connectivity index (χ0) is 18.5. The van der Waals surface area contributed by atoms with Crippen LogP contribution in [0.2, 0.25) is 0 Å². The molecule has 0 unspecified atom stereocenters. The van der Waals surface area contributed by atoms with Crippen molar-refractivity contribution in [1.82, 2.24) is 4.90 Å². The van der Waals surface area contributed by atoms with Crippen LogP contribution < -0.4 is 10.2 Å². The zero-order valence-corrected chi connectivity index (χ0v) is 15.4. The third-order valence-electron chi connectivity index (χ3n) is 4.85. The summed E-state index contributed by atoms with van der Waals surface area (Å²) in [5.74, 6) is 0.0744. The minimum absolute atomic E-state index is 0.0440. The quantitative estimate of drug-likeness (QED) is 0.853. The summed E-state index contributed by atoms with van der Waals surface area (Å²) in [7, 11) is 0. The van der Waals surface area contributed by atoms with Crippen molar-refractivity contribution in [2.75, 3.05) is 36.4 Å². The highest BCUT2D eigenvalue weighted by atomic mass is 16.2. The summed E-state index contributed by atoms with van der Waals surface area (Å²) in [6.45, 7) is 6.57. The molecule has 0 aromatic heterocycles. The maximum Gasteiger partial charge on any atom is 0.321 e. The van der Waals surface area contributed by atoms with Crippen LogP contribution in [0.1, 0.15) is 29.8 Å². The van der Waals surface area contributed by atoms with Crippen molar-refractivity contribution in [2.24, 2.45) is 0 Å². The first-order valence-electron chi connectivity index (χ1n) is 9.08. The largest absolute Gasteiger partial charge is 0.368 e. The van der Waals surface area contributed by atoms with Crippen molar-refractivity contribution < 1.29 is 9.59 Å². The lowest BCUT2D eigenvalue weighted by atomic mass is 10.1. The Morgan fingerprint density at radius 1 is 0.962 bits per heavy atom. The smallest absolute Gasteiger partial charge is 0.321 e. The number of amides is 2. The number of hydrogen-bond acceptors (Lipinski definition) is 3. The molecule has 1 aliphatic heterocycles. The van der Waals surface area contributed by atoms with Crippen molar-refractivity contribution in [3.63, 3.8) is 0 Å². The number of carbonyl (C=O) groups excluding carboxylic acids is 2. The fraction of sp³-hybridized carbons (Fsp3) is 0.333. The normalized spacial score (nSPS) is 14.2. The molecule has 0 aliphatic carbocycles. The first-order valence-corrected chi connectivity index (χ1v) is 9.08. The van der Waals surface area contributed by atoms with E-state index in [-0.39, 0.29) is 11.8 Å². The Morgan fingerprint density at radius 2 is 1.62 bits per heavy atom. The van der Waals surface area contributed by atoms with Gasteiger partial charge in [0.05, 0.1) is 0 Å². The number of benzene rings is 2. The number of carbonyl (C=O) groups is 2. The van der Waals surface area contributed by atoms with Gasteiger partial charge >= 0.3 is 6.03 Å². The van der Waals surface area contributed by atoms with Crippen LogP contribution in [0.15, 0.2) is 48.5 Å². The van der Waals surface area contributed by atoms with E-state index in [1.807, 2.05) is 53.4 Å². The molecule has 2 aromatic rings. The number of nitrogens with one attached hydrogen (secondary N) is 1. The van der Waals surface area contributed by atoms with E-state index in [0.717, 1.165) is 42.0 Å². The minimum Gasteiger partial charge on any atom is -0.368 e. The lowest BCUT2D eigenvalue weighted by Gasteiger charge is -2.36. The van der Waals surface area contributed by atoms with Crippen LogP contribution >= 0.6 is 0 Å². The fourth-order valence-corrected chi connectivity index (χ4v) is 3.22. The van der Waals surface area contributed by atoms with Gasteiger partial charge in [0, 0.05) is 43.1 Å². The van der Waals surface area contributed by atoms with Crippen molar-refractivity contribution in [3.8, 4) is 0 Å². The molecule has 2 amide bonds. The molecular formula is C21H25N3O2. The van der Waals surface area contributed by atoms with E-state index < -0.39 is 0 Å².